The molecule has 2 amide bonds. The number of hydrogen-bond donors (Lipinski definition) is 1. The largest absolute Gasteiger partial charge is 0.343 e. The Morgan fingerprint density at radius 3 is 2.48 bits per heavy atom. The van der Waals surface area contributed by atoms with E-state index in [2.05, 4.69) is 38.2 Å². The predicted octanol–water partition coefficient (Wildman–Crippen LogP) is 2.88. The highest BCUT2D eigenvalue weighted by Gasteiger charge is 2.41. The van der Waals surface area contributed by atoms with Gasteiger partial charge in [0, 0.05) is 9.75 Å². The van der Waals surface area contributed by atoms with E-state index in [0.29, 0.717) is 12.3 Å². The zero-order valence-electron chi connectivity index (χ0n) is 13.3. The summed E-state index contributed by atoms with van der Waals surface area (Å²) in [6.07, 6.45) is 0.685. The third-order valence-electron chi connectivity index (χ3n) is 3.96. The first kappa shape index (κ1) is 16.0. The van der Waals surface area contributed by atoms with E-state index in [1.54, 1.807) is 23.2 Å². The molecule has 1 aliphatic rings. The molecule has 0 spiro atoms. The van der Waals surface area contributed by atoms with Gasteiger partial charge in [-0.3, -0.25) is 9.59 Å². The summed E-state index contributed by atoms with van der Waals surface area (Å²) in [6, 6.07) is 3.23. The Bertz CT molecular complexity index is 538. The van der Waals surface area contributed by atoms with Crippen LogP contribution in [0.2, 0.25) is 0 Å². The SMILES string of the molecule is Cc1ccc(C(C)N2C(=O)C(CC(C)C)NC(=O)C2C)s1. The van der Waals surface area contributed by atoms with Gasteiger partial charge in [-0.25, -0.2) is 0 Å². The van der Waals surface area contributed by atoms with Crippen molar-refractivity contribution in [2.24, 2.45) is 5.92 Å². The molecule has 116 valence electrons. The Balaban J connectivity index is 2.25. The highest BCUT2D eigenvalue weighted by Crippen LogP contribution is 2.31. The van der Waals surface area contributed by atoms with Crippen LogP contribution >= 0.6 is 11.3 Å². The van der Waals surface area contributed by atoms with Gasteiger partial charge in [0.05, 0.1) is 6.04 Å². The van der Waals surface area contributed by atoms with Gasteiger partial charge in [0.1, 0.15) is 12.1 Å². The average Bonchev–Trinajstić information content (AvgIpc) is 2.82. The summed E-state index contributed by atoms with van der Waals surface area (Å²) in [6.45, 7) is 9.98. The molecular weight excluding hydrogens is 284 g/mol. The molecule has 1 aromatic rings. The van der Waals surface area contributed by atoms with Crippen molar-refractivity contribution in [3.05, 3.63) is 21.9 Å². The maximum absolute atomic E-state index is 12.8. The zero-order valence-corrected chi connectivity index (χ0v) is 14.2. The van der Waals surface area contributed by atoms with Gasteiger partial charge < -0.3 is 10.2 Å². The molecule has 21 heavy (non-hydrogen) atoms. The molecule has 1 fully saturated rings. The summed E-state index contributed by atoms with van der Waals surface area (Å²) >= 11 is 1.68. The maximum atomic E-state index is 12.8. The van der Waals surface area contributed by atoms with Crippen molar-refractivity contribution < 1.29 is 9.59 Å². The molecule has 3 atom stereocenters. The van der Waals surface area contributed by atoms with E-state index < -0.39 is 12.1 Å². The van der Waals surface area contributed by atoms with Gasteiger partial charge in [0.2, 0.25) is 11.8 Å². The number of aryl methyl sites for hydroxylation is 1. The predicted molar refractivity (Wildman–Crippen MR) is 85.2 cm³/mol. The van der Waals surface area contributed by atoms with E-state index in [1.807, 2.05) is 6.92 Å². The molecule has 0 saturated carbocycles. The number of piperazine rings is 1. The Kier molecular flexibility index (Phi) is 4.71. The van der Waals surface area contributed by atoms with Gasteiger partial charge in [-0.2, -0.15) is 0 Å². The quantitative estimate of drug-likeness (QED) is 0.930. The topological polar surface area (TPSA) is 49.4 Å². The lowest BCUT2D eigenvalue weighted by Gasteiger charge is -2.41. The van der Waals surface area contributed by atoms with Gasteiger partial charge in [0.25, 0.3) is 0 Å². The molecule has 5 heteroatoms. The monoisotopic (exact) mass is 308 g/mol. The second-order valence-corrected chi connectivity index (χ2v) is 7.56. The highest BCUT2D eigenvalue weighted by molar-refractivity contribution is 7.12. The number of nitrogens with zero attached hydrogens (tertiary/aromatic N) is 1. The highest BCUT2D eigenvalue weighted by atomic mass is 32.1. The van der Waals surface area contributed by atoms with Gasteiger partial charge in [-0.1, -0.05) is 13.8 Å². The fourth-order valence-corrected chi connectivity index (χ4v) is 3.75. The van der Waals surface area contributed by atoms with E-state index >= 15 is 0 Å². The van der Waals surface area contributed by atoms with Crippen molar-refractivity contribution in [2.45, 2.75) is 59.2 Å². The number of hydrogen-bond acceptors (Lipinski definition) is 3. The Morgan fingerprint density at radius 1 is 1.29 bits per heavy atom. The number of nitrogens with one attached hydrogen (secondary N) is 1. The van der Waals surface area contributed by atoms with Crippen LogP contribution in [0.3, 0.4) is 0 Å². The van der Waals surface area contributed by atoms with E-state index in [9.17, 15) is 9.59 Å². The smallest absolute Gasteiger partial charge is 0.246 e. The first-order chi connectivity index (χ1) is 9.81. The molecular formula is C16H24N2O2S. The molecule has 0 aliphatic carbocycles. The third-order valence-corrected chi connectivity index (χ3v) is 5.13. The van der Waals surface area contributed by atoms with Crippen molar-refractivity contribution in [2.75, 3.05) is 0 Å². The van der Waals surface area contributed by atoms with Crippen LogP contribution in [0, 0.1) is 12.8 Å². The lowest BCUT2D eigenvalue weighted by molar-refractivity contribution is -0.151. The van der Waals surface area contributed by atoms with E-state index in [0.717, 1.165) is 4.88 Å². The van der Waals surface area contributed by atoms with Crippen molar-refractivity contribution in [1.29, 1.82) is 0 Å². The number of carbonyl (C=O) groups is 2. The Hall–Kier alpha value is -1.36. The first-order valence-electron chi connectivity index (χ1n) is 7.50. The minimum absolute atomic E-state index is 0.0364. The van der Waals surface area contributed by atoms with Gasteiger partial charge >= 0.3 is 0 Å². The summed E-state index contributed by atoms with van der Waals surface area (Å²) in [5.41, 5.74) is 0. The first-order valence-corrected chi connectivity index (χ1v) is 8.31. The molecule has 4 nitrogen and oxygen atoms in total. The third kappa shape index (κ3) is 3.28. The van der Waals surface area contributed by atoms with Crippen molar-refractivity contribution in [1.82, 2.24) is 10.2 Å². The van der Waals surface area contributed by atoms with Gasteiger partial charge in [-0.05, 0) is 45.2 Å². The molecule has 1 aliphatic heterocycles. The Labute approximate surface area is 130 Å². The summed E-state index contributed by atoms with van der Waals surface area (Å²) in [5, 5.41) is 2.86. The van der Waals surface area contributed by atoms with Crippen LogP contribution in [-0.4, -0.2) is 28.8 Å². The minimum Gasteiger partial charge on any atom is -0.343 e. The number of carbonyl (C=O) groups excluding carboxylic acids is 2. The maximum Gasteiger partial charge on any atom is 0.246 e. The number of amides is 2. The normalized spacial score (nSPS) is 24.4. The zero-order chi connectivity index (χ0) is 15.7. The summed E-state index contributed by atoms with van der Waals surface area (Å²) in [5.74, 6) is 0.350. The summed E-state index contributed by atoms with van der Waals surface area (Å²) < 4.78 is 0. The molecule has 2 rings (SSSR count). The van der Waals surface area contributed by atoms with E-state index in [4.69, 9.17) is 0 Å². The molecule has 0 aromatic carbocycles. The van der Waals surface area contributed by atoms with Crippen molar-refractivity contribution in [3.63, 3.8) is 0 Å². The fraction of sp³-hybridized carbons (Fsp3) is 0.625. The van der Waals surface area contributed by atoms with Crippen LogP contribution in [0.25, 0.3) is 0 Å². The van der Waals surface area contributed by atoms with Crippen molar-refractivity contribution >= 4 is 23.2 Å². The molecule has 1 N–H and O–H groups in total. The molecule has 0 bridgehead atoms. The van der Waals surface area contributed by atoms with Crippen LogP contribution in [-0.2, 0) is 9.59 Å². The van der Waals surface area contributed by atoms with Crippen LogP contribution in [0.5, 0.6) is 0 Å². The molecule has 1 saturated heterocycles. The summed E-state index contributed by atoms with van der Waals surface area (Å²) in [7, 11) is 0. The molecule has 0 radical (unpaired) electrons. The van der Waals surface area contributed by atoms with Crippen LogP contribution < -0.4 is 5.32 Å². The lowest BCUT2D eigenvalue weighted by Crippen LogP contribution is -2.62. The van der Waals surface area contributed by atoms with Crippen LogP contribution in [0.4, 0.5) is 0 Å². The van der Waals surface area contributed by atoms with E-state index in [1.165, 1.54) is 4.88 Å². The van der Waals surface area contributed by atoms with Crippen LogP contribution in [0.15, 0.2) is 12.1 Å². The van der Waals surface area contributed by atoms with Crippen molar-refractivity contribution in [3.8, 4) is 0 Å². The molecule has 3 unspecified atom stereocenters. The second kappa shape index (κ2) is 6.18. The lowest BCUT2D eigenvalue weighted by atomic mass is 9.97. The molecule has 2 heterocycles. The summed E-state index contributed by atoms with van der Waals surface area (Å²) in [4.78, 5) is 29.0. The second-order valence-electron chi connectivity index (χ2n) is 6.24. The van der Waals surface area contributed by atoms with E-state index in [-0.39, 0.29) is 17.9 Å². The fourth-order valence-electron chi connectivity index (χ4n) is 2.82. The Morgan fingerprint density at radius 2 is 1.95 bits per heavy atom. The minimum atomic E-state index is -0.418. The molecule has 1 aromatic heterocycles. The number of thiophene rings is 1. The number of rotatable bonds is 4. The standard InChI is InChI=1S/C16H24N2O2S/c1-9(2)8-13-16(20)18(12(5)15(19)17-13)11(4)14-7-6-10(3)21-14/h6-7,9,11-13H,8H2,1-5H3,(H,17,19). The van der Waals surface area contributed by atoms with Gasteiger partial charge in [0.15, 0.2) is 0 Å². The van der Waals surface area contributed by atoms with Crippen LogP contribution in [0.1, 0.15) is 49.9 Å². The van der Waals surface area contributed by atoms with Gasteiger partial charge in [-0.15, -0.1) is 11.3 Å². The average molecular weight is 308 g/mol.